The first-order chi connectivity index (χ1) is 25.9. The molecule has 2 fully saturated rings. The Balaban J connectivity index is 1.02. The van der Waals surface area contributed by atoms with Crippen LogP contribution < -0.4 is 21.0 Å². The SMILES string of the molecule is O=C1CCC(N2Cc3c(Bc4ccc(-c5cnc6[nH]cc(C(=O)c7c(F)ccc(NS(=O)(=O)N8CC[C@@H](F)C8)c7F)c6c5)cc4)cccc3C2=O)C(=O)N1. The van der Waals surface area contributed by atoms with Crippen LogP contribution in [0.2, 0.25) is 0 Å². The number of ketones is 1. The number of amides is 3. The van der Waals surface area contributed by atoms with Crippen LogP contribution in [0.4, 0.5) is 18.9 Å². The zero-order valence-corrected chi connectivity index (χ0v) is 29.2. The van der Waals surface area contributed by atoms with Crippen LogP contribution >= 0.6 is 0 Å². The molecule has 5 heterocycles. The molecule has 0 radical (unpaired) electrons. The van der Waals surface area contributed by atoms with Gasteiger partial charge in [-0.25, -0.2) is 18.2 Å². The second-order valence-corrected chi connectivity index (χ2v) is 15.2. The lowest BCUT2D eigenvalue weighted by atomic mass is 9.62. The van der Waals surface area contributed by atoms with Gasteiger partial charge in [-0.3, -0.25) is 29.2 Å². The van der Waals surface area contributed by atoms with Gasteiger partial charge >= 0.3 is 10.2 Å². The number of hydrogen-bond acceptors (Lipinski definition) is 7. The van der Waals surface area contributed by atoms with E-state index in [1.54, 1.807) is 24.4 Å². The molecule has 2 saturated heterocycles. The molecule has 3 aliphatic heterocycles. The fourth-order valence-electron chi connectivity index (χ4n) is 7.28. The van der Waals surface area contributed by atoms with E-state index in [2.05, 4.69) is 15.3 Å². The lowest BCUT2D eigenvalue weighted by Crippen LogP contribution is -2.52. The van der Waals surface area contributed by atoms with Crippen molar-refractivity contribution in [2.24, 2.45) is 0 Å². The van der Waals surface area contributed by atoms with Gasteiger partial charge in [0.1, 0.15) is 23.7 Å². The molecule has 8 rings (SSSR count). The number of alkyl halides is 1. The van der Waals surface area contributed by atoms with Gasteiger partial charge in [0.2, 0.25) is 17.6 Å². The third-order valence-corrected chi connectivity index (χ3v) is 11.6. The molecule has 0 aliphatic carbocycles. The van der Waals surface area contributed by atoms with Crippen molar-refractivity contribution in [1.29, 1.82) is 0 Å². The predicted octanol–water partition coefficient (Wildman–Crippen LogP) is 2.59. The number of carbonyl (C=O) groups is 4. The van der Waals surface area contributed by atoms with Gasteiger partial charge in [-0.2, -0.15) is 12.7 Å². The fourth-order valence-corrected chi connectivity index (χ4v) is 8.55. The van der Waals surface area contributed by atoms with Crippen molar-refractivity contribution in [3.63, 3.8) is 0 Å². The van der Waals surface area contributed by atoms with Gasteiger partial charge in [-0.05, 0) is 48.2 Å². The van der Waals surface area contributed by atoms with Crippen molar-refractivity contribution < 1.29 is 40.8 Å². The average Bonchev–Trinajstić information content (AvgIpc) is 3.87. The molecular formula is C37H30BF3N6O6S. The van der Waals surface area contributed by atoms with Gasteiger partial charge in [-0.15, -0.1) is 0 Å². The molecule has 0 bridgehead atoms. The highest BCUT2D eigenvalue weighted by Gasteiger charge is 2.40. The highest BCUT2D eigenvalue weighted by Crippen LogP contribution is 2.31. The van der Waals surface area contributed by atoms with Gasteiger partial charge in [0.25, 0.3) is 5.91 Å². The number of nitrogens with zero attached hydrogens (tertiary/aromatic N) is 3. The summed E-state index contributed by atoms with van der Waals surface area (Å²) in [6.45, 7) is -0.255. The lowest BCUT2D eigenvalue weighted by Gasteiger charge is -2.29. The van der Waals surface area contributed by atoms with Crippen LogP contribution in [0, 0.1) is 11.6 Å². The number of halogens is 3. The molecular weight excluding hydrogens is 724 g/mol. The van der Waals surface area contributed by atoms with Crippen molar-refractivity contribution in [1.82, 2.24) is 24.5 Å². The molecule has 5 aromatic rings. The Morgan fingerprint density at radius 2 is 1.80 bits per heavy atom. The van der Waals surface area contributed by atoms with Crippen molar-refractivity contribution >= 4 is 68.6 Å². The van der Waals surface area contributed by atoms with Gasteiger partial charge in [0.15, 0.2) is 13.1 Å². The van der Waals surface area contributed by atoms with E-state index < -0.39 is 63.5 Å². The summed E-state index contributed by atoms with van der Waals surface area (Å²) in [7, 11) is -3.87. The Bertz CT molecular complexity index is 2510. The Hall–Kier alpha value is -5.81. The Kier molecular flexibility index (Phi) is 8.85. The number of fused-ring (bicyclic) bond motifs is 2. The van der Waals surface area contributed by atoms with Crippen molar-refractivity contribution in [2.75, 3.05) is 17.8 Å². The first-order valence-corrected chi connectivity index (χ1v) is 18.6. The highest BCUT2D eigenvalue weighted by atomic mass is 32.2. The number of rotatable bonds is 9. The quantitative estimate of drug-likeness (QED) is 0.119. The van der Waals surface area contributed by atoms with E-state index in [9.17, 15) is 32.0 Å². The Labute approximate surface area is 307 Å². The van der Waals surface area contributed by atoms with Crippen LogP contribution in [0.15, 0.2) is 73.1 Å². The van der Waals surface area contributed by atoms with E-state index in [-0.39, 0.29) is 60.8 Å². The Morgan fingerprint density at radius 3 is 2.54 bits per heavy atom. The smallest absolute Gasteiger partial charge is 0.301 e. The van der Waals surface area contributed by atoms with Crippen LogP contribution in [-0.4, -0.2) is 83.7 Å². The number of carbonyl (C=O) groups excluding carboxylic acids is 4. The first-order valence-electron chi connectivity index (χ1n) is 17.1. The third kappa shape index (κ3) is 6.32. The topological polar surface area (TPSA) is 162 Å². The minimum Gasteiger partial charge on any atom is -0.345 e. The number of imide groups is 1. The fraction of sp³-hybridized carbons (Fsp3) is 0.216. The number of hydrogen-bond donors (Lipinski definition) is 3. The van der Waals surface area contributed by atoms with Crippen molar-refractivity contribution in [3.05, 3.63) is 107 Å². The molecule has 3 aromatic carbocycles. The summed E-state index contributed by atoms with van der Waals surface area (Å²) in [5.41, 5.74) is 3.11. The summed E-state index contributed by atoms with van der Waals surface area (Å²) in [6, 6.07) is 15.6. The summed E-state index contributed by atoms with van der Waals surface area (Å²) >= 11 is 0. The molecule has 17 heteroatoms. The van der Waals surface area contributed by atoms with E-state index in [4.69, 9.17) is 0 Å². The van der Waals surface area contributed by atoms with E-state index in [0.29, 0.717) is 18.4 Å². The van der Waals surface area contributed by atoms with E-state index >= 15 is 8.78 Å². The molecule has 1 unspecified atom stereocenters. The van der Waals surface area contributed by atoms with Crippen molar-refractivity contribution in [3.8, 4) is 11.1 Å². The molecule has 3 amide bonds. The number of piperidine rings is 1. The number of anilines is 1. The number of aromatic nitrogens is 2. The van der Waals surface area contributed by atoms with Gasteiger partial charge < -0.3 is 9.88 Å². The normalized spacial score (nSPS) is 18.9. The average molecular weight is 755 g/mol. The minimum absolute atomic E-state index is 0.00954. The molecule has 2 atom stereocenters. The lowest BCUT2D eigenvalue weighted by molar-refractivity contribution is -0.136. The van der Waals surface area contributed by atoms with Gasteiger partial charge in [-0.1, -0.05) is 47.3 Å². The van der Waals surface area contributed by atoms with Crippen LogP contribution in [0.25, 0.3) is 22.2 Å². The third-order valence-electron chi connectivity index (χ3n) is 10.1. The number of benzene rings is 3. The van der Waals surface area contributed by atoms with E-state index in [0.717, 1.165) is 38.5 Å². The largest absolute Gasteiger partial charge is 0.345 e. The molecule has 54 heavy (non-hydrogen) atoms. The van der Waals surface area contributed by atoms with Crippen LogP contribution in [0.5, 0.6) is 0 Å². The number of nitrogens with one attached hydrogen (secondary N) is 3. The van der Waals surface area contributed by atoms with E-state index in [1.165, 1.54) is 11.1 Å². The molecule has 2 aromatic heterocycles. The molecule has 0 saturated carbocycles. The zero-order chi connectivity index (χ0) is 37.9. The number of H-pyrrole nitrogens is 1. The molecule has 3 aliphatic rings. The highest BCUT2D eigenvalue weighted by molar-refractivity contribution is 7.90. The van der Waals surface area contributed by atoms with Gasteiger partial charge in [0.05, 0.1) is 11.3 Å². The van der Waals surface area contributed by atoms with Gasteiger partial charge in [0, 0.05) is 60.5 Å². The van der Waals surface area contributed by atoms with Crippen LogP contribution in [0.3, 0.4) is 0 Å². The summed E-state index contributed by atoms with van der Waals surface area (Å²) in [6.07, 6.45) is 1.93. The monoisotopic (exact) mass is 754 g/mol. The molecule has 3 N–H and O–H groups in total. The first kappa shape index (κ1) is 35.2. The number of aromatic amines is 1. The predicted molar refractivity (Wildman–Crippen MR) is 194 cm³/mol. The zero-order valence-electron chi connectivity index (χ0n) is 28.4. The van der Waals surface area contributed by atoms with Crippen LogP contribution in [-0.2, 0) is 26.3 Å². The summed E-state index contributed by atoms with van der Waals surface area (Å²) in [5.74, 6) is -4.72. The Morgan fingerprint density at radius 1 is 1.00 bits per heavy atom. The maximum atomic E-state index is 15.7. The molecule has 274 valence electrons. The van der Waals surface area contributed by atoms with Crippen LogP contribution in [0.1, 0.15) is 51.1 Å². The second-order valence-electron chi connectivity index (χ2n) is 13.5. The number of pyridine rings is 1. The maximum Gasteiger partial charge on any atom is 0.301 e. The minimum atomic E-state index is -4.37. The maximum absolute atomic E-state index is 15.7. The van der Waals surface area contributed by atoms with E-state index in [1.807, 2.05) is 35.1 Å². The summed E-state index contributed by atoms with van der Waals surface area (Å²) in [5, 5.41) is 2.60. The van der Waals surface area contributed by atoms with Crippen molar-refractivity contribution in [2.45, 2.75) is 38.0 Å². The molecule has 12 nitrogen and oxygen atoms in total. The standard InChI is InChI=1S/C37H30BF3N6O6S/c39-22-12-13-46(17-22)54(52,53)45-29-9-8-28(40)32(33(29)41)34(49)25-16-43-35-24(25)14-20(15-42-35)19-4-6-21(7-5-19)38-27-3-1-2-23-26(27)18-47(37(23)51)30-10-11-31(48)44-36(30)50/h1-9,14-16,22,30,38,45H,10-13,17-18H2,(H,42,43)(H,44,48,50)/t22-,30?/m1/s1. The second kappa shape index (κ2) is 13.6. The molecule has 0 spiro atoms. The summed E-state index contributed by atoms with van der Waals surface area (Å²) < 4.78 is 72.7. The summed E-state index contributed by atoms with van der Waals surface area (Å²) in [4.78, 5) is 59.8.